The topological polar surface area (TPSA) is 52.6 Å². The molecule has 0 spiro atoms. The molecule has 0 aromatic heterocycles. The van der Waals surface area contributed by atoms with Crippen molar-refractivity contribution in [3.05, 3.63) is 64.7 Å². The maximum atomic E-state index is 12.7. The third-order valence-electron chi connectivity index (χ3n) is 4.50. The lowest BCUT2D eigenvalue weighted by molar-refractivity contribution is -0.0504. The van der Waals surface area contributed by atoms with Gasteiger partial charge in [-0.3, -0.25) is 9.59 Å². The smallest absolute Gasteiger partial charge is 0.387 e. The molecule has 2 aromatic carbocycles. The van der Waals surface area contributed by atoms with E-state index in [1.807, 2.05) is 0 Å². The largest absolute Gasteiger partial charge is 0.435 e. The third kappa shape index (κ3) is 5.49. The fourth-order valence-corrected chi connectivity index (χ4v) is 2.92. The highest BCUT2D eigenvalue weighted by atomic mass is 19.3. The first-order valence-corrected chi connectivity index (χ1v) is 9.25. The molecule has 3 rings (SSSR count). The molecule has 1 aliphatic carbocycles. The molecule has 0 N–H and O–H groups in total. The van der Waals surface area contributed by atoms with Crippen LogP contribution < -0.4 is 4.74 Å². The molecule has 1 aliphatic rings. The van der Waals surface area contributed by atoms with E-state index >= 15 is 0 Å². The zero-order valence-electron chi connectivity index (χ0n) is 15.9. The molecular formula is C23H20F2O4. The molecule has 2 aromatic rings. The van der Waals surface area contributed by atoms with E-state index in [2.05, 4.69) is 16.6 Å². The average Bonchev–Trinajstić information content (AvgIpc) is 3.55. The lowest BCUT2D eigenvalue weighted by Gasteiger charge is -2.11. The van der Waals surface area contributed by atoms with E-state index in [1.165, 1.54) is 18.2 Å². The van der Waals surface area contributed by atoms with Crippen molar-refractivity contribution in [2.24, 2.45) is 0 Å². The van der Waals surface area contributed by atoms with E-state index in [0.29, 0.717) is 24.2 Å². The Morgan fingerprint density at radius 1 is 1.10 bits per heavy atom. The van der Waals surface area contributed by atoms with Crippen LogP contribution in [-0.2, 0) is 4.74 Å². The lowest BCUT2D eigenvalue weighted by Crippen LogP contribution is -2.15. The van der Waals surface area contributed by atoms with Gasteiger partial charge in [0.2, 0.25) is 11.6 Å². The van der Waals surface area contributed by atoms with Crippen molar-refractivity contribution in [3.8, 4) is 17.6 Å². The first-order chi connectivity index (χ1) is 14.0. The summed E-state index contributed by atoms with van der Waals surface area (Å²) in [5.74, 6) is 4.63. The predicted octanol–water partition coefficient (Wildman–Crippen LogP) is 4.62. The first kappa shape index (κ1) is 20.7. The van der Waals surface area contributed by atoms with Gasteiger partial charge in [0, 0.05) is 30.2 Å². The van der Waals surface area contributed by atoms with Crippen molar-refractivity contribution in [3.63, 3.8) is 0 Å². The Morgan fingerprint density at radius 2 is 1.83 bits per heavy atom. The maximum absolute atomic E-state index is 12.7. The van der Waals surface area contributed by atoms with Crippen molar-refractivity contribution in [2.75, 3.05) is 13.7 Å². The van der Waals surface area contributed by atoms with Gasteiger partial charge < -0.3 is 9.47 Å². The Bertz CT molecular complexity index is 968. The van der Waals surface area contributed by atoms with Gasteiger partial charge in [-0.1, -0.05) is 24.0 Å². The zero-order chi connectivity index (χ0) is 20.8. The summed E-state index contributed by atoms with van der Waals surface area (Å²) in [5, 5.41) is 0. The maximum Gasteiger partial charge on any atom is 0.387 e. The molecule has 0 heterocycles. The van der Waals surface area contributed by atoms with Gasteiger partial charge in [-0.2, -0.15) is 8.78 Å². The number of ether oxygens (including phenoxy) is 2. The highest BCUT2D eigenvalue weighted by Gasteiger charge is 2.29. The normalized spacial score (nSPS) is 13.0. The van der Waals surface area contributed by atoms with Crippen molar-refractivity contribution in [1.29, 1.82) is 0 Å². The summed E-state index contributed by atoms with van der Waals surface area (Å²) in [5.41, 5.74) is 1.56. The van der Waals surface area contributed by atoms with Gasteiger partial charge in [0.1, 0.15) is 5.75 Å². The molecule has 29 heavy (non-hydrogen) atoms. The number of carbonyl (C=O) groups is 2. The van der Waals surface area contributed by atoms with E-state index in [9.17, 15) is 18.4 Å². The van der Waals surface area contributed by atoms with Gasteiger partial charge in [-0.25, -0.2) is 0 Å². The second-order valence-corrected chi connectivity index (χ2v) is 6.69. The molecule has 1 fully saturated rings. The van der Waals surface area contributed by atoms with Crippen LogP contribution in [0.2, 0.25) is 0 Å². The van der Waals surface area contributed by atoms with Crippen LogP contribution in [0.1, 0.15) is 57.0 Å². The van der Waals surface area contributed by atoms with Crippen LogP contribution >= 0.6 is 0 Å². The number of methoxy groups -OCH3 is 1. The van der Waals surface area contributed by atoms with E-state index < -0.39 is 18.2 Å². The highest BCUT2D eigenvalue weighted by molar-refractivity contribution is 6.49. The number of hydrogen-bond donors (Lipinski definition) is 0. The minimum Gasteiger partial charge on any atom is -0.435 e. The number of carbonyl (C=O) groups excluding carboxylic acids is 2. The number of alkyl halides is 2. The summed E-state index contributed by atoms with van der Waals surface area (Å²) in [4.78, 5) is 25.4. The molecular weight excluding hydrogens is 378 g/mol. The predicted molar refractivity (Wildman–Crippen MR) is 104 cm³/mol. The molecule has 1 saturated carbocycles. The van der Waals surface area contributed by atoms with Crippen molar-refractivity contribution in [1.82, 2.24) is 0 Å². The molecule has 0 bridgehead atoms. The van der Waals surface area contributed by atoms with Crippen molar-refractivity contribution < 1.29 is 27.8 Å². The van der Waals surface area contributed by atoms with Gasteiger partial charge in [0.15, 0.2) is 0 Å². The van der Waals surface area contributed by atoms with E-state index in [4.69, 9.17) is 4.74 Å². The first-order valence-electron chi connectivity index (χ1n) is 9.25. The second kappa shape index (κ2) is 9.44. The van der Waals surface area contributed by atoms with Crippen molar-refractivity contribution >= 4 is 11.6 Å². The van der Waals surface area contributed by atoms with Crippen LogP contribution in [0.15, 0.2) is 42.5 Å². The van der Waals surface area contributed by atoms with Gasteiger partial charge in [0.25, 0.3) is 0 Å². The summed E-state index contributed by atoms with van der Waals surface area (Å²) >= 11 is 0. The Balaban J connectivity index is 1.80. The van der Waals surface area contributed by atoms with E-state index in [0.717, 1.165) is 12.8 Å². The molecule has 0 saturated heterocycles. The zero-order valence-corrected chi connectivity index (χ0v) is 15.9. The lowest BCUT2D eigenvalue weighted by atomic mass is 9.97. The molecule has 6 heteroatoms. The Labute approximate surface area is 167 Å². The Kier molecular flexibility index (Phi) is 6.73. The average molecular weight is 398 g/mol. The molecule has 0 atom stereocenters. The van der Waals surface area contributed by atoms with Crippen LogP contribution in [-0.4, -0.2) is 31.9 Å². The van der Waals surface area contributed by atoms with Crippen LogP contribution in [0.5, 0.6) is 5.75 Å². The Morgan fingerprint density at radius 3 is 2.48 bits per heavy atom. The van der Waals surface area contributed by atoms with Gasteiger partial charge in [-0.05, 0) is 54.7 Å². The molecule has 150 valence electrons. The van der Waals surface area contributed by atoms with Crippen LogP contribution in [0.3, 0.4) is 0 Å². The third-order valence-corrected chi connectivity index (χ3v) is 4.50. The summed E-state index contributed by atoms with van der Waals surface area (Å²) in [6, 6.07) is 10.7. The molecule has 0 aliphatic heterocycles. The highest BCUT2D eigenvalue weighted by Crippen LogP contribution is 2.45. The van der Waals surface area contributed by atoms with Crippen LogP contribution in [0.25, 0.3) is 0 Å². The molecule has 4 nitrogen and oxygen atoms in total. The molecule has 0 unspecified atom stereocenters. The number of Topliss-reactive ketones (excluding diaryl/α,β-unsaturated/α-hetero) is 2. The second-order valence-electron chi connectivity index (χ2n) is 6.69. The summed E-state index contributed by atoms with van der Waals surface area (Å²) in [6.07, 6.45) is 2.24. The van der Waals surface area contributed by atoms with Crippen LogP contribution in [0.4, 0.5) is 8.78 Å². The minimum atomic E-state index is -2.94. The fourth-order valence-electron chi connectivity index (χ4n) is 2.92. The fraction of sp³-hybridized carbons (Fsp3) is 0.304. The number of ketones is 2. The van der Waals surface area contributed by atoms with E-state index in [-0.39, 0.29) is 22.8 Å². The number of rotatable bonds is 8. The number of halogens is 2. The van der Waals surface area contributed by atoms with Gasteiger partial charge in [0.05, 0.1) is 6.61 Å². The van der Waals surface area contributed by atoms with E-state index in [1.54, 1.807) is 31.4 Å². The minimum absolute atomic E-state index is 0.0554. The molecule has 0 radical (unpaired) electrons. The van der Waals surface area contributed by atoms with Gasteiger partial charge >= 0.3 is 6.61 Å². The van der Waals surface area contributed by atoms with Crippen molar-refractivity contribution in [2.45, 2.75) is 31.8 Å². The SMILES string of the molecule is COCCC#Cc1cccc(C(=O)C(=O)c2ccc(OC(F)F)c(C3CC3)c2)c1. The summed E-state index contributed by atoms with van der Waals surface area (Å²) in [7, 11) is 1.59. The van der Waals surface area contributed by atoms with Crippen LogP contribution in [0, 0.1) is 11.8 Å². The molecule has 0 amide bonds. The summed E-state index contributed by atoms with van der Waals surface area (Å²) in [6.45, 7) is -2.43. The quantitative estimate of drug-likeness (QED) is 0.282. The number of hydrogen-bond acceptors (Lipinski definition) is 4. The Hall–Kier alpha value is -3.04. The number of benzene rings is 2. The van der Waals surface area contributed by atoms with Gasteiger partial charge in [-0.15, -0.1) is 0 Å². The standard InChI is InChI=1S/C23H20F2O4/c1-28-12-3-2-5-15-6-4-7-17(13-15)21(26)22(27)18-10-11-20(29-23(24)25)19(14-18)16-8-9-16/h4,6-7,10-11,13-14,16,23H,3,8-9,12H2,1H3. The monoisotopic (exact) mass is 398 g/mol. The summed E-state index contributed by atoms with van der Waals surface area (Å²) < 4.78 is 34.7.